The molecule has 0 aromatic heterocycles. The maximum absolute atomic E-state index is 10.6. The number of rotatable bonds is 4. The molecule has 3 heteroatoms. The lowest BCUT2D eigenvalue weighted by Crippen LogP contribution is -2.33. The van der Waals surface area contributed by atoms with Crippen molar-refractivity contribution in [2.45, 2.75) is 45.3 Å². The van der Waals surface area contributed by atoms with Crippen molar-refractivity contribution in [1.82, 2.24) is 0 Å². The van der Waals surface area contributed by atoms with Gasteiger partial charge >= 0.3 is 0 Å². The zero-order valence-corrected chi connectivity index (χ0v) is 11.2. The highest BCUT2D eigenvalue weighted by Crippen LogP contribution is 2.71. The largest absolute Gasteiger partial charge is 0.137 e. The fourth-order valence-electron chi connectivity index (χ4n) is 4.21. The Balaban J connectivity index is 2.35. The van der Waals surface area contributed by atoms with Gasteiger partial charge in [-0.1, -0.05) is 26.8 Å². The fourth-order valence-corrected chi connectivity index (χ4v) is 5.49. The number of fused-ring (bicyclic) bond motifs is 2. The van der Waals surface area contributed by atoms with Crippen LogP contribution < -0.4 is 0 Å². The van der Waals surface area contributed by atoms with Gasteiger partial charge in [-0.25, -0.2) is 0 Å². The molecular formula is C13H21NOS. The van der Waals surface area contributed by atoms with Crippen LogP contribution in [-0.4, -0.2) is 5.25 Å². The number of hydrogen-bond acceptors (Lipinski definition) is 3. The highest BCUT2D eigenvalue weighted by molar-refractivity contribution is 7.98. The van der Waals surface area contributed by atoms with Gasteiger partial charge in [0.1, 0.15) is 0 Å². The zero-order chi connectivity index (χ0) is 12.0. The van der Waals surface area contributed by atoms with Crippen LogP contribution in [0.2, 0.25) is 0 Å². The SMILES string of the molecule is C=CCC1C(SN=O)C2CCC1(C)C2(C)C. The summed E-state index contributed by atoms with van der Waals surface area (Å²) in [6.07, 6.45) is 5.57. The van der Waals surface area contributed by atoms with Crippen LogP contribution in [0.15, 0.2) is 17.2 Å². The van der Waals surface area contributed by atoms with E-state index < -0.39 is 0 Å². The van der Waals surface area contributed by atoms with Crippen LogP contribution in [0.5, 0.6) is 0 Å². The summed E-state index contributed by atoms with van der Waals surface area (Å²) in [4.78, 5) is 10.6. The van der Waals surface area contributed by atoms with Crippen molar-refractivity contribution < 1.29 is 0 Å². The van der Waals surface area contributed by atoms with E-state index in [9.17, 15) is 4.91 Å². The van der Waals surface area contributed by atoms with E-state index in [1.54, 1.807) is 0 Å². The van der Waals surface area contributed by atoms with Gasteiger partial charge in [0.25, 0.3) is 0 Å². The van der Waals surface area contributed by atoms with Gasteiger partial charge in [0, 0.05) is 21.8 Å². The van der Waals surface area contributed by atoms with E-state index >= 15 is 0 Å². The quantitative estimate of drug-likeness (QED) is 0.413. The summed E-state index contributed by atoms with van der Waals surface area (Å²) in [5, 5.41) is 0.407. The molecule has 0 aromatic rings. The summed E-state index contributed by atoms with van der Waals surface area (Å²) in [6.45, 7) is 11.0. The summed E-state index contributed by atoms with van der Waals surface area (Å²) < 4.78 is 3.10. The molecular weight excluding hydrogens is 218 g/mol. The summed E-state index contributed by atoms with van der Waals surface area (Å²) in [5.41, 5.74) is 0.692. The third-order valence-electron chi connectivity index (χ3n) is 5.57. The lowest BCUT2D eigenvalue weighted by atomic mass is 9.66. The Morgan fingerprint density at radius 3 is 2.75 bits per heavy atom. The van der Waals surface area contributed by atoms with Crippen molar-refractivity contribution in [3.8, 4) is 0 Å². The molecule has 0 saturated heterocycles. The van der Waals surface area contributed by atoms with Crippen molar-refractivity contribution in [3.05, 3.63) is 17.6 Å². The number of nitrogens with zero attached hydrogens (tertiary/aromatic N) is 1. The summed E-state index contributed by atoms with van der Waals surface area (Å²) >= 11 is 1.27. The Morgan fingerprint density at radius 1 is 1.50 bits per heavy atom. The maximum atomic E-state index is 10.6. The number of nitroso groups, excluding NO2 is 1. The minimum atomic E-state index is 0.336. The highest BCUT2D eigenvalue weighted by Gasteiger charge is 2.65. The van der Waals surface area contributed by atoms with Crippen molar-refractivity contribution in [3.63, 3.8) is 0 Å². The molecule has 0 N–H and O–H groups in total. The third-order valence-corrected chi connectivity index (χ3v) is 6.56. The smallest absolute Gasteiger partial charge is 0.0370 e. The van der Waals surface area contributed by atoms with Gasteiger partial charge in [-0.05, 0) is 41.9 Å². The second-order valence-corrected chi connectivity index (χ2v) is 6.96. The minimum absolute atomic E-state index is 0.336. The summed E-state index contributed by atoms with van der Waals surface area (Å²) in [6, 6.07) is 0. The van der Waals surface area contributed by atoms with Gasteiger partial charge in [0.05, 0.1) is 0 Å². The summed E-state index contributed by atoms with van der Waals surface area (Å²) in [7, 11) is 0. The Kier molecular flexibility index (Phi) is 2.94. The molecule has 0 spiro atoms. The molecule has 2 bridgehead atoms. The average Bonchev–Trinajstić information content (AvgIpc) is 2.52. The van der Waals surface area contributed by atoms with Gasteiger partial charge in [0.2, 0.25) is 0 Å². The van der Waals surface area contributed by atoms with Crippen LogP contribution >= 0.6 is 11.9 Å². The second kappa shape index (κ2) is 3.86. The van der Waals surface area contributed by atoms with Crippen molar-refractivity contribution in [2.75, 3.05) is 0 Å². The van der Waals surface area contributed by atoms with Crippen LogP contribution in [0.1, 0.15) is 40.0 Å². The van der Waals surface area contributed by atoms with Crippen molar-refractivity contribution >= 4 is 11.9 Å². The molecule has 2 fully saturated rings. The molecule has 0 heterocycles. The minimum Gasteiger partial charge on any atom is -0.137 e. The molecule has 0 radical (unpaired) electrons. The Morgan fingerprint density at radius 2 is 2.19 bits per heavy atom. The van der Waals surface area contributed by atoms with E-state index in [0.717, 1.165) is 6.42 Å². The molecule has 90 valence electrons. The first-order valence-electron chi connectivity index (χ1n) is 6.08. The third kappa shape index (κ3) is 1.33. The Hall–Kier alpha value is -0.310. The van der Waals surface area contributed by atoms with Gasteiger partial charge in [-0.3, -0.25) is 0 Å². The molecule has 4 atom stereocenters. The molecule has 0 aliphatic heterocycles. The summed E-state index contributed by atoms with van der Waals surface area (Å²) in [5.74, 6) is 1.21. The molecule has 2 aliphatic rings. The predicted molar refractivity (Wildman–Crippen MR) is 70.1 cm³/mol. The molecule has 0 aromatic carbocycles. The molecule has 2 aliphatic carbocycles. The molecule has 0 amide bonds. The van der Waals surface area contributed by atoms with E-state index in [1.807, 2.05) is 6.08 Å². The molecule has 2 saturated carbocycles. The molecule has 4 unspecified atom stereocenters. The monoisotopic (exact) mass is 239 g/mol. The fraction of sp³-hybridized carbons (Fsp3) is 0.846. The van der Waals surface area contributed by atoms with E-state index in [1.165, 1.54) is 24.8 Å². The van der Waals surface area contributed by atoms with Crippen LogP contribution in [0.25, 0.3) is 0 Å². The van der Waals surface area contributed by atoms with Gasteiger partial charge in [-0.15, -0.1) is 11.5 Å². The van der Waals surface area contributed by atoms with Gasteiger partial charge < -0.3 is 0 Å². The normalized spacial score (nSPS) is 44.6. The standard InChI is InChI=1S/C13H21NOS/c1-5-6-10-11(16-14-15)9-7-8-13(10,4)12(9,2)3/h5,9-11H,1,6-8H2,2-4H3. The lowest BCUT2D eigenvalue weighted by Gasteiger charge is -2.39. The molecule has 16 heavy (non-hydrogen) atoms. The molecule has 2 nitrogen and oxygen atoms in total. The second-order valence-electron chi connectivity index (χ2n) is 6.06. The highest BCUT2D eigenvalue weighted by atomic mass is 32.2. The van der Waals surface area contributed by atoms with Crippen LogP contribution in [0.3, 0.4) is 0 Å². The van der Waals surface area contributed by atoms with Crippen LogP contribution in [0.4, 0.5) is 0 Å². The number of hydrogen-bond donors (Lipinski definition) is 0. The Bertz CT molecular complexity index is 315. The van der Waals surface area contributed by atoms with E-state index in [4.69, 9.17) is 0 Å². The first-order chi connectivity index (χ1) is 7.49. The molecule has 2 rings (SSSR count). The number of allylic oxidation sites excluding steroid dienone is 1. The lowest BCUT2D eigenvalue weighted by molar-refractivity contribution is 0.105. The average molecular weight is 239 g/mol. The first-order valence-corrected chi connectivity index (χ1v) is 6.92. The van der Waals surface area contributed by atoms with Gasteiger partial charge in [0.15, 0.2) is 0 Å². The van der Waals surface area contributed by atoms with Crippen molar-refractivity contribution in [2.24, 2.45) is 27.2 Å². The van der Waals surface area contributed by atoms with E-state index in [0.29, 0.717) is 27.9 Å². The predicted octanol–water partition coefficient (Wildman–Crippen LogP) is 4.42. The van der Waals surface area contributed by atoms with E-state index in [2.05, 4.69) is 31.9 Å². The maximum Gasteiger partial charge on any atom is 0.0370 e. The Labute approximate surface area is 102 Å². The zero-order valence-electron chi connectivity index (χ0n) is 10.4. The van der Waals surface area contributed by atoms with E-state index in [-0.39, 0.29) is 0 Å². The van der Waals surface area contributed by atoms with Crippen LogP contribution in [-0.2, 0) is 0 Å². The van der Waals surface area contributed by atoms with Crippen LogP contribution in [0, 0.1) is 27.6 Å². The van der Waals surface area contributed by atoms with Crippen molar-refractivity contribution in [1.29, 1.82) is 0 Å². The topological polar surface area (TPSA) is 29.4 Å². The van der Waals surface area contributed by atoms with Gasteiger partial charge in [-0.2, -0.15) is 0 Å². The first kappa shape index (κ1) is 12.2.